The van der Waals surface area contributed by atoms with Crippen LogP contribution in [0.2, 0.25) is 0 Å². The number of ether oxygens (including phenoxy) is 2. The molecule has 0 spiro atoms. The second kappa shape index (κ2) is 4.58. The fraction of sp³-hybridized carbons (Fsp3) is 0.533. The summed E-state index contributed by atoms with van der Waals surface area (Å²) in [6.45, 7) is 4.88. The van der Waals surface area contributed by atoms with Crippen LogP contribution in [0, 0.1) is 0 Å². The van der Waals surface area contributed by atoms with Gasteiger partial charge in [0.15, 0.2) is 11.5 Å². The van der Waals surface area contributed by atoms with Crippen LogP contribution < -0.4 is 9.47 Å². The van der Waals surface area contributed by atoms with Crippen molar-refractivity contribution in [3.8, 4) is 11.5 Å². The number of amides is 1. The smallest absolute Gasteiger partial charge is 0.236 e. The van der Waals surface area contributed by atoms with Crippen molar-refractivity contribution in [1.29, 1.82) is 0 Å². The van der Waals surface area contributed by atoms with E-state index in [1.165, 1.54) is 11.1 Å². The second-order valence-corrected chi connectivity index (χ2v) is 7.08. The van der Waals surface area contributed by atoms with E-state index in [2.05, 4.69) is 6.92 Å². The molecule has 2 aliphatic heterocycles. The van der Waals surface area contributed by atoms with Gasteiger partial charge in [-0.1, -0.05) is 0 Å². The molecule has 4 nitrogen and oxygen atoms in total. The Morgan fingerprint density at radius 3 is 2.60 bits per heavy atom. The minimum atomic E-state index is -0.288. The van der Waals surface area contributed by atoms with Crippen LogP contribution in [0.25, 0.3) is 0 Å². The molecule has 3 rings (SSSR count). The van der Waals surface area contributed by atoms with Gasteiger partial charge in [0, 0.05) is 6.54 Å². The minimum Gasteiger partial charge on any atom is -0.493 e. The molecule has 1 aromatic carbocycles. The molecular weight excluding hydrogens is 274 g/mol. The van der Waals surface area contributed by atoms with Gasteiger partial charge in [-0.3, -0.25) is 4.79 Å². The summed E-state index contributed by atoms with van der Waals surface area (Å²) in [5.74, 6) is 1.71. The first-order valence-corrected chi connectivity index (χ1v) is 7.64. The molecule has 5 heteroatoms. The fourth-order valence-corrected chi connectivity index (χ4v) is 4.75. The molecule has 2 aliphatic rings. The fourth-order valence-electron chi connectivity index (χ4n) is 3.21. The van der Waals surface area contributed by atoms with Crippen molar-refractivity contribution in [2.45, 2.75) is 30.4 Å². The Bertz CT molecular complexity index is 574. The molecule has 1 saturated heterocycles. The van der Waals surface area contributed by atoms with E-state index in [9.17, 15) is 4.79 Å². The molecule has 0 N–H and O–H groups in total. The van der Waals surface area contributed by atoms with Gasteiger partial charge in [0.1, 0.15) is 4.87 Å². The van der Waals surface area contributed by atoms with E-state index in [4.69, 9.17) is 9.47 Å². The van der Waals surface area contributed by atoms with E-state index in [0.29, 0.717) is 0 Å². The molecule has 2 atom stereocenters. The zero-order valence-corrected chi connectivity index (χ0v) is 13.0. The lowest BCUT2D eigenvalue weighted by atomic mass is 9.92. The van der Waals surface area contributed by atoms with Crippen molar-refractivity contribution >= 4 is 17.7 Å². The first-order valence-electron chi connectivity index (χ1n) is 6.76. The number of hydrogen-bond donors (Lipinski definition) is 0. The standard InChI is InChI=1S/C15H19NO3S/c1-9-14(17)16-6-5-10-7-12(18-3)13(19-4)8-11(10)15(16,2)20-9/h7-9H,5-6H2,1-4H3/t9?,15-/m1/s1. The molecule has 0 aromatic heterocycles. The first-order chi connectivity index (χ1) is 9.51. The lowest BCUT2D eigenvalue weighted by Crippen LogP contribution is -2.45. The monoisotopic (exact) mass is 293 g/mol. The van der Waals surface area contributed by atoms with Crippen molar-refractivity contribution in [2.24, 2.45) is 0 Å². The van der Waals surface area contributed by atoms with Crippen molar-refractivity contribution in [3.05, 3.63) is 23.3 Å². The van der Waals surface area contributed by atoms with Gasteiger partial charge in [0.25, 0.3) is 0 Å². The van der Waals surface area contributed by atoms with Crippen molar-refractivity contribution in [2.75, 3.05) is 20.8 Å². The molecule has 0 radical (unpaired) electrons. The van der Waals surface area contributed by atoms with Gasteiger partial charge < -0.3 is 14.4 Å². The van der Waals surface area contributed by atoms with E-state index in [1.54, 1.807) is 26.0 Å². The Morgan fingerprint density at radius 2 is 1.95 bits per heavy atom. The summed E-state index contributed by atoms with van der Waals surface area (Å²) in [6.07, 6.45) is 0.865. The van der Waals surface area contributed by atoms with Crippen molar-refractivity contribution in [1.82, 2.24) is 4.90 Å². The third kappa shape index (κ3) is 1.72. The summed E-state index contributed by atoms with van der Waals surface area (Å²) in [7, 11) is 3.29. The molecule has 0 saturated carbocycles. The molecule has 20 heavy (non-hydrogen) atoms. The van der Waals surface area contributed by atoms with Crippen LogP contribution in [0.15, 0.2) is 12.1 Å². The zero-order valence-electron chi connectivity index (χ0n) is 12.2. The topological polar surface area (TPSA) is 38.8 Å². The molecular formula is C15H19NO3S. The molecule has 108 valence electrons. The molecule has 1 aromatic rings. The first kappa shape index (κ1) is 13.6. The van der Waals surface area contributed by atoms with Crippen LogP contribution in [-0.4, -0.2) is 36.8 Å². The molecule has 0 aliphatic carbocycles. The van der Waals surface area contributed by atoms with E-state index < -0.39 is 0 Å². The largest absolute Gasteiger partial charge is 0.493 e. The van der Waals surface area contributed by atoms with Crippen LogP contribution in [0.1, 0.15) is 25.0 Å². The van der Waals surface area contributed by atoms with Crippen LogP contribution in [0.5, 0.6) is 11.5 Å². The molecule has 0 bridgehead atoms. The Morgan fingerprint density at radius 1 is 1.30 bits per heavy atom. The zero-order chi connectivity index (χ0) is 14.5. The minimum absolute atomic E-state index is 0.0130. The SMILES string of the molecule is COc1cc2c(cc1OC)[C@@]1(C)SC(C)C(=O)N1CC2. The van der Waals surface area contributed by atoms with E-state index >= 15 is 0 Å². The Hall–Kier alpha value is -1.36. The van der Waals surface area contributed by atoms with Crippen molar-refractivity contribution < 1.29 is 14.3 Å². The normalized spacial score (nSPS) is 28.1. The van der Waals surface area contributed by atoms with Gasteiger partial charge in [-0.05, 0) is 43.5 Å². The number of nitrogens with zero attached hydrogens (tertiary/aromatic N) is 1. The maximum absolute atomic E-state index is 12.3. The molecule has 1 fully saturated rings. The molecule has 2 heterocycles. The Kier molecular flexibility index (Phi) is 3.12. The van der Waals surface area contributed by atoms with E-state index in [-0.39, 0.29) is 16.0 Å². The third-order valence-corrected chi connectivity index (χ3v) is 5.70. The Balaban J connectivity index is 2.15. The van der Waals surface area contributed by atoms with Crippen LogP contribution in [0.4, 0.5) is 0 Å². The number of fused-ring (bicyclic) bond motifs is 3. The Labute approximate surface area is 123 Å². The van der Waals surface area contributed by atoms with Crippen LogP contribution >= 0.6 is 11.8 Å². The highest BCUT2D eigenvalue weighted by atomic mass is 32.2. The number of carbonyl (C=O) groups excluding carboxylic acids is 1. The highest BCUT2D eigenvalue weighted by Gasteiger charge is 2.50. The maximum Gasteiger partial charge on any atom is 0.236 e. The number of hydrogen-bond acceptors (Lipinski definition) is 4. The maximum atomic E-state index is 12.3. The number of thioether (sulfide) groups is 1. The third-order valence-electron chi connectivity index (χ3n) is 4.25. The molecule has 1 amide bonds. The van der Waals surface area contributed by atoms with Gasteiger partial charge >= 0.3 is 0 Å². The molecule has 1 unspecified atom stereocenters. The summed E-state index contributed by atoms with van der Waals surface area (Å²) >= 11 is 1.72. The predicted octanol–water partition coefficient (Wildman–Crippen LogP) is 2.40. The number of benzene rings is 1. The number of carbonyl (C=O) groups is 1. The number of rotatable bonds is 2. The lowest BCUT2D eigenvalue weighted by molar-refractivity contribution is -0.132. The highest BCUT2D eigenvalue weighted by Crippen LogP contribution is 2.53. The van der Waals surface area contributed by atoms with Gasteiger partial charge in [0.05, 0.1) is 19.5 Å². The van der Waals surface area contributed by atoms with Gasteiger partial charge in [0.2, 0.25) is 5.91 Å². The summed E-state index contributed by atoms with van der Waals surface area (Å²) in [4.78, 5) is 14.0. The van der Waals surface area contributed by atoms with Gasteiger partial charge in [-0.25, -0.2) is 0 Å². The summed E-state index contributed by atoms with van der Waals surface area (Å²) in [5.41, 5.74) is 2.42. The van der Waals surface area contributed by atoms with Crippen molar-refractivity contribution in [3.63, 3.8) is 0 Å². The average Bonchev–Trinajstić information content (AvgIpc) is 2.68. The van der Waals surface area contributed by atoms with Crippen LogP contribution in [0.3, 0.4) is 0 Å². The van der Waals surface area contributed by atoms with Gasteiger partial charge in [-0.2, -0.15) is 0 Å². The lowest BCUT2D eigenvalue weighted by Gasteiger charge is -2.40. The summed E-state index contributed by atoms with van der Waals surface area (Å²) in [6, 6.07) is 4.07. The van der Waals surface area contributed by atoms with E-state index in [0.717, 1.165) is 24.5 Å². The predicted molar refractivity (Wildman–Crippen MR) is 79.4 cm³/mol. The average molecular weight is 293 g/mol. The van der Waals surface area contributed by atoms with Gasteiger partial charge in [-0.15, -0.1) is 11.8 Å². The second-order valence-electron chi connectivity index (χ2n) is 5.35. The summed E-state index contributed by atoms with van der Waals surface area (Å²) < 4.78 is 10.8. The van der Waals surface area contributed by atoms with Crippen LogP contribution in [-0.2, 0) is 16.1 Å². The summed E-state index contributed by atoms with van der Waals surface area (Å²) in [5, 5.41) is 0.0130. The quantitative estimate of drug-likeness (QED) is 0.839. The van der Waals surface area contributed by atoms with E-state index in [1.807, 2.05) is 24.0 Å². The highest BCUT2D eigenvalue weighted by molar-refractivity contribution is 8.01. The number of methoxy groups -OCH3 is 2.